The van der Waals surface area contributed by atoms with E-state index in [2.05, 4.69) is 10.6 Å². The van der Waals surface area contributed by atoms with Gasteiger partial charge in [-0.15, -0.1) is 0 Å². The maximum Gasteiger partial charge on any atom is 0.267 e. The zero-order valence-corrected chi connectivity index (χ0v) is 19.1. The van der Waals surface area contributed by atoms with Crippen LogP contribution >= 0.6 is 0 Å². The minimum Gasteiger partial charge on any atom is -0.457 e. The third kappa shape index (κ3) is 6.56. The molecule has 0 aromatic heterocycles. The summed E-state index contributed by atoms with van der Waals surface area (Å²) in [7, 11) is 0. The molecular weight excluding hydrogens is 428 g/mol. The van der Waals surface area contributed by atoms with Crippen LogP contribution in [0.5, 0.6) is 11.5 Å². The Morgan fingerprint density at radius 2 is 1.76 bits per heavy atom. The van der Waals surface area contributed by atoms with Gasteiger partial charge in [0.15, 0.2) is 0 Å². The van der Waals surface area contributed by atoms with Crippen LogP contribution in [-0.2, 0) is 9.53 Å². The highest BCUT2D eigenvalue weighted by Gasteiger charge is 2.19. The first-order valence-corrected chi connectivity index (χ1v) is 11.4. The molecule has 1 atom stereocenters. The van der Waals surface area contributed by atoms with Crippen LogP contribution < -0.4 is 15.4 Å². The van der Waals surface area contributed by atoms with E-state index in [0.29, 0.717) is 30.2 Å². The summed E-state index contributed by atoms with van der Waals surface area (Å²) in [6.07, 6.45) is 3.55. The molecule has 0 radical (unpaired) electrons. The zero-order valence-electron chi connectivity index (χ0n) is 19.1. The summed E-state index contributed by atoms with van der Waals surface area (Å²) < 4.78 is 11.5. The highest BCUT2D eigenvalue weighted by Crippen LogP contribution is 2.23. The minimum atomic E-state index is -0.370. The van der Waals surface area contributed by atoms with Gasteiger partial charge in [0.1, 0.15) is 17.2 Å². The molecule has 174 valence electrons. The Morgan fingerprint density at radius 3 is 2.50 bits per heavy atom. The van der Waals surface area contributed by atoms with Crippen LogP contribution in [-0.4, -0.2) is 31.1 Å². The second-order valence-electron chi connectivity index (χ2n) is 8.21. The first kappa shape index (κ1) is 23.3. The third-order valence-corrected chi connectivity index (χ3v) is 5.47. The Labute approximate surface area is 199 Å². The molecule has 1 heterocycles. The second kappa shape index (κ2) is 11.3. The topological polar surface area (TPSA) is 76.7 Å². The lowest BCUT2D eigenvalue weighted by Gasteiger charge is -2.14. The number of nitrogens with one attached hydrogen (secondary N) is 2. The molecular formula is C28H28N2O4. The lowest BCUT2D eigenvalue weighted by atomic mass is 10.1. The number of benzene rings is 3. The van der Waals surface area contributed by atoms with Crippen LogP contribution in [0, 0.1) is 6.92 Å². The molecule has 2 amide bonds. The lowest BCUT2D eigenvalue weighted by Crippen LogP contribution is -2.38. The predicted molar refractivity (Wildman–Crippen MR) is 132 cm³/mol. The van der Waals surface area contributed by atoms with Crippen molar-refractivity contribution >= 4 is 17.9 Å². The van der Waals surface area contributed by atoms with Crippen molar-refractivity contribution in [3.8, 4) is 11.5 Å². The Bertz CT molecular complexity index is 1150. The fourth-order valence-electron chi connectivity index (χ4n) is 3.62. The number of amides is 2. The summed E-state index contributed by atoms with van der Waals surface area (Å²) in [5.41, 5.74) is 2.40. The summed E-state index contributed by atoms with van der Waals surface area (Å²) >= 11 is 0. The fraction of sp³-hybridized carbons (Fsp3) is 0.214. The van der Waals surface area contributed by atoms with Gasteiger partial charge in [-0.3, -0.25) is 9.59 Å². The van der Waals surface area contributed by atoms with Gasteiger partial charge in [-0.1, -0.05) is 48.0 Å². The van der Waals surface area contributed by atoms with Crippen LogP contribution in [0.4, 0.5) is 0 Å². The number of hydrogen-bond acceptors (Lipinski definition) is 4. The summed E-state index contributed by atoms with van der Waals surface area (Å²) in [4.78, 5) is 25.9. The minimum absolute atomic E-state index is 0.000556. The summed E-state index contributed by atoms with van der Waals surface area (Å²) in [6, 6.07) is 24.0. The molecule has 34 heavy (non-hydrogen) atoms. The molecule has 0 bridgehead atoms. The van der Waals surface area contributed by atoms with E-state index >= 15 is 0 Å². The number of para-hydroxylation sites is 1. The summed E-state index contributed by atoms with van der Waals surface area (Å²) in [5.74, 6) is 0.621. The van der Waals surface area contributed by atoms with E-state index in [9.17, 15) is 9.59 Å². The number of ether oxygens (including phenoxy) is 2. The van der Waals surface area contributed by atoms with E-state index in [1.807, 2.05) is 73.7 Å². The monoisotopic (exact) mass is 456 g/mol. The lowest BCUT2D eigenvalue weighted by molar-refractivity contribution is -0.118. The molecule has 1 saturated heterocycles. The first-order chi connectivity index (χ1) is 16.6. The molecule has 0 unspecified atom stereocenters. The smallest absolute Gasteiger partial charge is 0.267 e. The average Bonchev–Trinajstić information content (AvgIpc) is 3.37. The van der Waals surface area contributed by atoms with Crippen molar-refractivity contribution in [3.05, 3.63) is 101 Å². The summed E-state index contributed by atoms with van der Waals surface area (Å²) in [6.45, 7) is 3.06. The number of rotatable bonds is 8. The van der Waals surface area contributed by atoms with Crippen LogP contribution in [0.2, 0.25) is 0 Å². The second-order valence-corrected chi connectivity index (χ2v) is 8.21. The predicted octanol–water partition coefficient (Wildman–Crippen LogP) is 4.85. The van der Waals surface area contributed by atoms with Gasteiger partial charge < -0.3 is 20.1 Å². The standard InChI is InChI=1S/C28H28N2O4/c1-20-12-14-22(15-13-20)27(31)30-26(28(32)29-19-25-11-6-16-33-25)18-21-7-5-10-24(17-21)34-23-8-3-2-4-9-23/h2-5,7-10,12-15,17-18,25H,6,11,16,19H2,1H3,(H,29,32)(H,30,31)/b26-18-/t25-/m1/s1. The fourth-order valence-corrected chi connectivity index (χ4v) is 3.62. The van der Waals surface area contributed by atoms with Crippen molar-refractivity contribution < 1.29 is 19.1 Å². The molecule has 6 nitrogen and oxygen atoms in total. The largest absolute Gasteiger partial charge is 0.457 e. The highest BCUT2D eigenvalue weighted by molar-refractivity contribution is 6.05. The molecule has 2 N–H and O–H groups in total. The Hall–Kier alpha value is -3.90. The maximum atomic E-state index is 13.0. The van der Waals surface area contributed by atoms with Gasteiger partial charge in [0, 0.05) is 18.7 Å². The highest BCUT2D eigenvalue weighted by atomic mass is 16.5. The average molecular weight is 457 g/mol. The van der Waals surface area contributed by atoms with Gasteiger partial charge in [-0.25, -0.2) is 0 Å². The van der Waals surface area contributed by atoms with Crippen molar-refractivity contribution in [2.45, 2.75) is 25.9 Å². The third-order valence-electron chi connectivity index (χ3n) is 5.47. The van der Waals surface area contributed by atoms with Gasteiger partial charge in [0.2, 0.25) is 0 Å². The van der Waals surface area contributed by atoms with Crippen LogP contribution in [0.3, 0.4) is 0 Å². The number of carbonyl (C=O) groups is 2. The van der Waals surface area contributed by atoms with Crippen molar-refractivity contribution in [2.75, 3.05) is 13.2 Å². The molecule has 1 aliphatic rings. The van der Waals surface area contributed by atoms with E-state index in [1.165, 1.54) is 0 Å². The quantitative estimate of drug-likeness (QED) is 0.475. The van der Waals surface area contributed by atoms with Crippen LogP contribution in [0.1, 0.15) is 34.3 Å². The van der Waals surface area contributed by atoms with Gasteiger partial charge >= 0.3 is 0 Å². The van der Waals surface area contributed by atoms with E-state index in [-0.39, 0.29) is 23.6 Å². The molecule has 3 aromatic carbocycles. The molecule has 4 rings (SSSR count). The number of hydrogen-bond donors (Lipinski definition) is 2. The van der Waals surface area contributed by atoms with Crippen LogP contribution in [0.25, 0.3) is 6.08 Å². The molecule has 0 aliphatic carbocycles. The molecule has 1 aliphatic heterocycles. The Kier molecular flexibility index (Phi) is 7.73. The van der Waals surface area contributed by atoms with E-state index in [1.54, 1.807) is 18.2 Å². The zero-order chi connectivity index (χ0) is 23.8. The number of aryl methyl sites for hydroxylation is 1. The van der Waals surface area contributed by atoms with Crippen molar-refractivity contribution in [1.29, 1.82) is 0 Å². The van der Waals surface area contributed by atoms with Gasteiger partial charge in [-0.2, -0.15) is 0 Å². The SMILES string of the molecule is Cc1ccc(C(=O)N/C(=C\c2cccc(Oc3ccccc3)c2)C(=O)NC[C@H]2CCCO2)cc1. The van der Waals surface area contributed by atoms with E-state index in [0.717, 1.165) is 24.0 Å². The summed E-state index contributed by atoms with van der Waals surface area (Å²) in [5, 5.41) is 5.66. The maximum absolute atomic E-state index is 13.0. The van der Waals surface area contributed by atoms with Gasteiger partial charge in [0.25, 0.3) is 11.8 Å². The molecule has 6 heteroatoms. The van der Waals surface area contributed by atoms with Crippen molar-refractivity contribution in [2.24, 2.45) is 0 Å². The molecule has 0 spiro atoms. The molecule has 0 saturated carbocycles. The van der Waals surface area contributed by atoms with Crippen LogP contribution in [0.15, 0.2) is 84.6 Å². The van der Waals surface area contributed by atoms with E-state index < -0.39 is 0 Å². The molecule has 3 aromatic rings. The molecule has 1 fully saturated rings. The number of carbonyl (C=O) groups excluding carboxylic acids is 2. The Morgan fingerprint density at radius 1 is 1.00 bits per heavy atom. The Balaban J connectivity index is 1.54. The van der Waals surface area contributed by atoms with E-state index in [4.69, 9.17) is 9.47 Å². The van der Waals surface area contributed by atoms with Crippen molar-refractivity contribution in [3.63, 3.8) is 0 Å². The van der Waals surface area contributed by atoms with Gasteiger partial charge in [0.05, 0.1) is 6.10 Å². The first-order valence-electron chi connectivity index (χ1n) is 11.4. The van der Waals surface area contributed by atoms with Gasteiger partial charge in [-0.05, 0) is 67.8 Å². The van der Waals surface area contributed by atoms with Crippen molar-refractivity contribution in [1.82, 2.24) is 10.6 Å². The normalized spacial score (nSPS) is 15.6.